The van der Waals surface area contributed by atoms with Crippen molar-refractivity contribution in [2.24, 2.45) is 0 Å². The fourth-order valence-electron chi connectivity index (χ4n) is 2.45. The number of thioether (sulfide) groups is 1. The predicted molar refractivity (Wildman–Crippen MR) is 108 cm³/mol. The third-order valence-electron chi connectivity index (χ3n) is 4.02. The van der Waals surface area contributed by atoms with Gasteiger partial charge in [-0.05, 0) is 35.2 Å². The number of benzene rings is 2. The van der Waals surface area contributed by atoms with Gasteiger partial charge in [-0.2, -0.15) is 0 Å². The summed E-state index contributed by atoms with van der Waals surface area (Å²) in [6.45, 7) is 6.30. The van der Waals surface area contributed by atoms with Gasteiger partial charge in [0.1, 0.15) is 0 Å². The van der Waals surface area contributed by atoms with E-state index in [0.717, 1.165) is 22.9 Å². The van der Waals surface area contributed by atoms with Gasteiger partial charge in [0.25, 0.3) is 11.1 Å². The number of rotatable bonds is 5. The lowest BCUT2D eigenvalue weighted by Gasteiger charge is -2.18. The third kappa shape index (κ3) is 5.07. The van der Waals surface area contributed by atoms with Crippen molar-refractivity contribution in [3.05, 3.63) is 65.7 Å². The molecule has 144 valence electrons. The first-order valence-corrected chi connectivity index (χ1v) is 9.78. The molecule has 0 aliphatic carbocycles. The molecule has 0 spiro atoms. The second-order valence-corrected chi connectivity index (χ2v) is 8.16. The molecule has 28 heavy (non-hydrogen) atoms. The van der Waals surface area contributed by atoms with E-state index in [1.54, 1.807) is 12.1 Å². The van der Waals surface area contributed by atoms with Gasteiger partial charge in [-0.1, -0.05) is 62.9 Å². The van der Waals surface area contributed by atoms with Crippen molar-refractivity contribution in [2.75, 3.05) is 5.75 Å². The highest BCUT2D eigenvalue weighted by molar-refractivity contribution is 7.99. The predicted octanol–water partition coefficient (Wildman–Crippen LogP) is 4.08. The zero-order valence-corrected chi connectivity index (χ0v) is 16.7. The Morgan fingerprint density at radius 2 is 1.68 bits per heavy atom. The van der Waals surface area contributed by atoms with E-state index in [1.165, 1.54) is 0 Å². The van der Waals surface area contributed by atoms with Gasteiger partial charge in [-0.25, -0.2) is 0 Å². The topological polar surface area (TPSA) is 85.1 Å². The van der Waals surface area contributed by atoms with Crippen molar-refractivity contribution < 1.29 is 14.0 Å². The van der Waals surface area contributed by atoms with Crippen molar-refractivity contribution in [1.29, 1.82) is 0 Å². The van der Waals surface area contributed by atoms with E-state index in [4.69, 9.17) is 4.42 Å². The molecule has 2 aromatic carbocycles. The highest BCUT2D eigenvalue weighted by Gasteiger charge is 2.16. The molecule has 1 N–H and O–H groups in total. The number of carbonyl (C=O) groups excluding carboxylic acids is 2. The van der Waals surface area contributed by atoms with Crippen molar-refractivity contribution >= 4 is 23.6 Å². The molecule has 0 fully saturated rings. The lowest BCUT2D eigenvalue weighted by atomic mass is 9.87. The smallest absolute Gasteiger partial charge is 0.277 e. The molecule has 1 aromatic heterocycles. The SMILES string of the molecule is CC(C)(C)c1ccc(C(=O)NC(=O)CSc2nnc(-c3ccccc3)o2)cc1. The van der Waals surface area contributed by atoms with E-state index in [0.29, 0.717) is 11.5 Å². The minimum atomic E-state index is -0.429. The Morgan fingerprint density at radius 1 is 1.00 bits per heavy atom. The van der Waals surface area contributed by atoms with Crippen LogP contribution in [0.4, 0.5) is 0 Å². The van der Waals surface area contributed by atoms with Gasteiger partial charge < -0.3 is 4.42 Å². The standard InChI is InChI=1S/C21H21N3O3S/c1-21(2,3)16-11-9-14(10-12-16)18(26)22-17(25)13-28-20-24-23-19(27-20)15-7-5-4-6-8-15/h4-12H,13H2,1-3H3,(H,22,25,26). The second-order valence-electron chi connectivity index (χ2n) is 7.23. The molecule has 0 saturated heterocycles. The van der Waals surface area contributed by atoms with Crippen molar-refractivity contribution in [2.45, 2.75) is 31.4 Å². The van der Waals surface area contributed by atoms with E-state index in [1.807, 2.05) is 42.5 Å². The van der Waals surface area contributed by atoms with Crippen LogP contribution >= 0.6 is 11.8 Å². The molecule has 6 nitrogen and oxygen atoms in total. The first kappa shape index (κ1) is 19.8. The summed E-state index contributed by atoms with van der Waals surface area (Å²) in [5.74, 6) is -0.461. The van der Waals surface area contributed by atoms with E-state index < -0.39 is 11.8 Å². The Hall–Kier alpha value is -2.93. The number of aromatic nitrogens is 2. The molecule has 0 atom stereocenters. The number of nitrogens with zero attached hydrogens (tertiary/aromatic N) is 2. The molecule has 7 heteroatoms. The fourth-order valence-corrected chi connectivity index (χ4v) is 3.01. The fraction of sp³-hybridized carbons (Fsp3) is 0.238. The minimum absolute atomic E-state index is 0.00222. The lowest BCUT2D eigenvalue weighted by molar-refractivity contribution is -0.117. The number of nitrogens with one attached hydrogen (secondary N) is 1. The number of hydrogen-bond acceptors (Lipinski definition) is 6. The average Bonchev–Trinajstić information content (AvgIpc) is 3.15. The molecule has 0 unspecified atom stereocenters. The first-order valence-electron chi connectivity index (χ1n) is 8.79. The van der Waals surface area contributed by atoms with Crippen LogP contribution in [0.25, 0.3) is 11.5 Å². The van der Waals surface area contributed by atoms with Crippen molar-refractivity contribution in [1.82, 2.24) is 15.5 Å². The molecule has 0 radical (unpaired) electrons. The number of hydrogen-bond donors (Lipinski definition) is 1. The summed E-state index contributed by atoms with van der Waals surface area (Å²) in [5, 5.41) is 10.5. The Morgan fingerprint density at radius 3 is 2.32 bits per heavy atom. The summed E-state index contributed by atoms with van der Waals surface area (Å²) >= 11 is 1.08. The Kier molecular flexibility index (Phi) is 5.94. The van der Waals surface area contributed by atoms with Crippen LogP contribution in [-0.4, -0.2) is 27.8 Å². The Labute approximate surface area is 167 Å². The average molecular weight is 395 g/mol. The normalized spacial score (nSPS) is 11.2. The number of carbonyl (C=O) groups is 2. The number of imide groups is 1. The van der Waals surface area contributed by atoms with Gasteiger partial charge in [0.15, 0.2) is 0 Å². The van der Waals surface area contributed by atoms with Crippen molar-refractivity contribution in [3.63, 3.8) is 0 Å². The molecule has 0 bridgehead atoms. The van der Waals surface area contributed by atoms with Crippen LogP contribution in [0.2, 0.25) is 0 Å². The van der Waals surface area contributed by atoms with Gasteiger partial charge in [-0.3, -0.25) is 14.9 Å². The van der Waals surface area contributed by atoms with Crippen LogP contribution in [0.15, 0.2) is 64.2 Å². The summed E-state index contributed by atoms with van der Waals surface area (Å²) in [7, 11) is 0. The quantitative estimate of drug-likeness (QED) is 0.655. The largest absolute Gasteiger partial charge is 0.411 e. The summed E-state index contributed by atoms with van der Waals surface area (Å²) in [5.41, 5.74) is 2.37. The molecular weight excluding hydrogens is 374 g/mol. The third-order valence-corrected chi connectivity index (χ3v) is 4.84. The lowest BCUT2D eigenvalue weighted by Crippen LogP contribution is -2.31. The summed E-state index contributed by atoms with van der Waals surface area (Å²) in [6.07, 6.45) is 0. The molecule has 3 aromatic rings. The van der Waals surface area contributed by atoms with Crippen LogP contribution in [0.1, 0.15) is 36.7 Å². The molecule has 2 amide bonds. The zero-order chi connectivity index (χ0) is 20.1. The van der Waals surface area contributed by atoms with E-state index >= 15 is 0 Å². The van der Waals surface area contributed by atoms with E-state index in [2.05, 4.69) is 36.3 Å². The molecule has 0 aliphatic rings. The van der Waals surface area contributed by atoms with Gasteiger partial charge in [0.2, 0.25) is 11.8 Å². The van der Waals surface area contributed by atoms with Gasteiger partial charge in [0.05, 0.1) is 5.75 Å². The van der Waals surface area contributed by atoms with E-state index in [9.17, 15) is 9.59 Å². The van der Waals surface area contributed by atoms with Gasteiger partial charge in [-0.15, -0.1) is 10.2 Å². The van der Waals surface area contributed by atoms with E-state index in [-0.39, 0.29) is 16.4 Å². The molecule has 0 saturated carbocycles. The maximum Gasteiger partial charge on any atom is 0.277 e. The Balaban J connectivity index is 1.53. The molecular formula is C21H21N3O3S. The highest BCUT2D eigenvalue weighted by atomic mass is 32.2. The first-order chi connectivity index (χ1) is 13.3. The van der Waals surface area contributed by atoms with Gasteiger partial charge >= 0.3 is 0 Å². The summed E-state index contributed by atoms with van der Waals surface area (Å²) in [6, 6.07) is 16.6. The highest BCUT2D eigenvalue weighted by Crippen LogP contribution is 2.23. The Bertz CT molecular complexity index is 961. The van der Waals surface area contributed by atoms with Crippen LogP contribution in [-0.2, 0) is 10.2 Å². The van der Waals surface area contributed by atoms with Crippen LogP contribution in [0.5, 0.6) is 0 Å². The van der Waals surface area contributed by atoms with Crippen LogP contribution in [0.3, 0.4) is 0 Å². The van der Waals surface area contributed by atoms with Gasteiger partial charge in [0, 0.05) is 11.1 Å². The van der Waals surface area contributed by atoms with Crippen LogP contribution in [0, 0.1) is 0 Å². The summed E-state index contributed by atoms with van der Waals surface area (Å²) < 4.78 is 5.53. The molecule has 0 aliphatic heterocycles. The van der Waals surface area contributed by atoms with Crippen LogP contribution < -0.4 is 5.32 Å². The number of amides is 2. The summed E-state index contributed by atoms with van der Waals surface area (Å²) in [4.78, 5) is 24.3. The maximum atomic E-state index is 12.2. The zero-order valence-electron chi connectivity index (χ0n) is 15.9. The molecule has 3 rings (SSSR count). The van der Waals surface area contributed by atoms with Crippen molar-refractivity contribution in [3.8, 4) is 11.5 Å². The molecule has 1 heterocycles. The minimum Gasteiger partial charge on any atom is -0.411 e. The monoisotopic (exact) mass is 395 g/mol. The second kappa shape index (κ2) is 8.39. The maximum absolute atomic E-state index is 12.2.